The number of aliphatic carboxylic acids is 1. The highest BCUT2D eigenvalue weighted by atomic mass is 35.5. The lowest BCUT2D eigenvalue weighted by atomic mass is 9.81. The fraction of sp³-hybridized carbons (Fsp3) is 0.556. The van der Waals surface area contributed by atoms with Gasteiger partial charge in [-0.1, -0.05) is 11.6 Å². The van der Waals surface area contributed by atoms with Crippen molar-refractivity contribution in [3.63, 3.8) is 0 Å². The molecule has 0 unspecified atom stereocenters. The van der Waals surface area contributed by atoms with Crippen molar-refractivity contribution in [1.82, 2.24) is 5.32 Å². The Kier molecular flexibility index (Phi) is 7.37. The average molecular weight is 354 g/mol. The molecule has 2 N–H and O–H groups in total. The molecule has 6 heteroatoms. The van der Waals surface area contributed by atoms with Crippen LogP contribution < -0.4 is 10.1 Å². The highest BCUT2D eigenvalue weighted by Crippen LogP contribution is 2.28. The molecular formula is C18H24ClNO4. The normalized spacial score (nSPS) is 20.4. The smallest absolute Gasteiger partial charge is 0.306 e. The van der Waals surface area contributed by atoms with E-state index in [1.807, 2.05) is 12.1 Å². The van der Waals surface area contributed by atoms with Gasteiger partial charge in [0.25, 0.3) is 0 Å². The molecule has 1 fully saturated rings. The van der Waals surface area contributed by atoms with Gasteiger partial charge >= 0.3 is 5.97 Å². The number of amides is 1. The summed E-state index contributed by atoms with van der Waals surface area (Å²) in [5.74, 6) is -0.212. The molecule has 0 bridgehead atoms. The molecule has 0 heterocycles. The van der Waals surface area contributed by atoms with Crippen molar-refractivity contribution in [1.29, 1.82) is 0 Å². The molecule has 132 valence electrons. The second-order valence-corrected chi connectivity index (χ2v) is 6.62. The van der Waals surface area contributed by atoms with Gasteiger partial charge in [-0.3, -0.25) is 9.59 Å². The van der Waals surface area contributed by atoms with Gasteiger partial charge in [0, 0.05) is 17.5 Å². The first-order chi connectivity index (χ1) is 11.6. The lowest BCUT2D eigenvalue weighted by molar-refractivity contribution is -0.144. The zero-order valence-corrected chi connectivity index (χ0v) is 14.4. The molecule has 0 spiro atoms. The first-order valence-corrected chi connectivity index (χ1v) is 8.83. The summed E-state index contributed by atoms with van der Waals surface area (Å²) in [6, 6.07) is 7.24. The van der Waals surface area contributed by atoms with Gasteiger partial charge in [-0.15, -0.1) is 0 Å². The minimum atomic E-state index is -0.741. The summed E-state index contributed by atoms with van der Waals surface area (Å²) >= 11 is 5.81. The van der Waals surface area contributed by atoms with Crippen LogP contribution in [-0.2, 0) is 9.59 Å². The Hall–Kier alpha value is -1.75. The Morgan fingerprint density at radius 3 is 2.33 bits per heavy atom. The average Bonchev–Trinajstić information content (AvgIpc) is 2.59. The number of carboxylic acid groups (broad SMARTS) is 1. The van der Waals surface area contributed by atoms with E-state index in [2.05, 4.69) is 5.32 Å². The van der Waals surface area contributed by atoms with E-state index in [4.69, 9.17) is 21.4 Å². The monoisotopic (exact) mass is 353 g/mol. The van der Waals surface area contributed by atoms with Gasteiger partial charge < -0.3 is 15.2 Å². The molecule has 0 aliphatic heterocycles. The van der Waals surface area contributed by atoms with Crippen molar-refractivity contribution in [2.45, 2.75) is 38.5 Å². The number of ether oxygens (including phenoxy) is 1. The van der Waals surface area contributed by atoms with Crippen LogP contribution in [0, 0.1) is 11.8 Å². The zero-order chi connectivity index (χ0) is 17.4. The topological polar surface area (TPSA) is 75.6 Å². The summed E-state index contributed by atoms with van der Waals surface area (Å²) in [5, 5.41) is 12.6. The van der Waals surface area contributed by atoms with Gasteiger partial charge in [0.05, 0.1) is 12.5 Å². The second kappa shape index (κ2) is 9.52. The van der Waals surface area contributed by atoms with Gasteiger partial charge in [-0.05, 0) is 62.8 Å². The Bertz CT molecular complexity index is 538. The van der Waals surface area contributed by atoms with Crippen LogP contribution >= 0.6 is 11.6 Å². The van der Waals surface area contributed by atoms with Crippen LogP contribution in [0.5, 0.6) is 5.75 Å². The van der Waals surface area contributed by atoms with Gasteiger partial charge in [-0.25, -0.2) is 0 Å². The number of carbonyl (C=O) groups is 2. The van der Waals surface area contributed by atoms with E-state index in [1.165, 1.54) is 0 Å². The SMILES string of the molecule is O=C(O)C1CCC(C(=O)NCCCCOc2ccc(Cl)cc2)CC1. The van der Waals surface area contributed by atoms with Crippen LogP contribution in [0.3, 0.4) is 0 Å². The molecule has 0 aromatic heterocycles. The molecule has 1 aromatic carbocycles. The predicted molar refractivity (Wildman–Crippen MR) is 92.3 cm³/mol. The van der Waals surface area contributed by atoms with Crippen molar-refractivity contribution in [2.24, 2.45) is 11.8 Å². The number of unbranched alkanes of at least 4 members (excludes halogenated alkanes) is 1. The number of carbonyl (C=O) groups excluding carboxylic acids is 1. The van der Waals surface area contributed by atoms with Gasteiger partial charge in [0.2, 0.25) is 5.91 Å². The maximum atomic E-state index is 12.1. The number of hydrogen-bond donors (Lipinski definition) is 2. The van der Waals surface area contributed by atoms with Crippen LogP contribution in [0.2, 0.25) is 5.02 Å². The van der Waals surface area contributed by atoms with E-state index in [-0.39, 0.29) is 17.7 Å². The molecule has 1 aromatic rings. The molecule has 0 radical (unpaired) electrons. The van der Waals surface area contributed by atoms with Crippen molar-refractivity contribution in [2.75, 3.05) is 13.2 Å². The second-order valence-electron chi connectivity index (χ2n) is 6.19. The van der Waals surface area contributed by atoms with Gasteiger partial charge in [-0.2, -0.15) is 0 Å². The molecule has 1 saturated carbocycles. The van der Waals surface area contributed by atoms with Crippen LogP contribution in [0.1, 0.15) is 38.5 Å². The summed E-state index contributed by atoms with van der Waals surface area (Å²) in [6.07, 6.45) is 4.24. The van der Waals surface area contributed by atoms with E-state index >= 15 is 0 Å². The van der Waals surface area contributed by atoms with Gasteiger partial charge in [0.1, 0.15) is 5.75 Å². The Labute approximate surface area is 147 Å². The van der Waals surface area contributed by atoms with Crippen molar-refractivity contribution in [3.05, 3.63) is 29.3 Å². The maximum absolute atomic E-state index is 12.1. The van der Waals surface area contributed by atoms with E-state index in [0.29, 0.717) is 43.9 Å². The third kappa shape index (κ3) is 6.04. The van der Waals surface area contributed by atoms with Crippen LogP contribution in [0.4, 0.5) is 0 Å². The Morgan fingerprint density at radius 1 is 1.08 bits per heavy atom. The highest BCUT2D eigenvalue weighted by molar-refractivity contribution is 6.30. The van der Waals surface area contributed by atoms with Gasteiger partial charge in [0.15, 0.2) is 0 Å². The number of nitrogens with one attached hydrogen (secondary N) is 1. The van der Waals surface area contributed by atoms with Crippen LogP contribution in [0.15, 0.2) is 24.3 Å². The predicted octanol–water partition coefficient (Wildman–Crippen LogP) is 3.51. The van der Waals surface area contributed by atoms with Crippen LogP contribution in [-0.4, -0.2) is 30.1 Å². The fourth-order valence-electron chi connectivity index (χ4n) is 2.91. The molecule has 5 nitrogen and oxygen atoms in total. The molecule has 2 rings (SSSR count). The van der Waals surface area contributed by atoms with Crippen LogP contribution in [0.25, 0.3) is 0 Å². The van der Waals surface area contributed by atoms with Crippen molar-refractivity contribution < 1.29 is 19.4 Å². The van der Waals surface area contributed by atoms with E-state index in [9.17, 15) is 9.59 Å². The third-order valence-corrected chi connectivity index (χ3v) is 4.65. The molecule has 1 aliphatic carbocycles. The molecule has 0 atom stereocenters. The van der Waals surface area contributed by atoms with E-state index in [1.54, 1.807) is 12.1 Å². The van der Waals surface area contributed by atoms with E-state index < -0.39 is 5.97 Å². The number of hydrogen-bond acceptors (Lipinski definition) is 3. The van der Waals surface area contributed by atoms with Crippen molar-refractivity contribution in [3.8, 4) is 5.75 Å². The molecule has 1 aliphatic rings. The third-order valence-electron chi connectivity index (χ3n) is 4.40. The Morgan fingerprint density at radius 2 is 1.71 bits per heavy atom. The quantitative estimate of drug-likeness (QED) is 0.701. The fourth-order valence-corrected chi connectivity index (χ4v) is 3.03. The molecular weight excluding hydrogens is 330 g/mol. The highest BCUT2D eigenvalue weighted by Gasteiger charge is 2.29. The van der Waals surface area contributed by atoms with E-state index in [0.717, 1.165) is 18.6 Å². The maximum Gasteiger partial charge on any atom is 0.306 e. The number of benzene rings is 1. The number of halogens is 1. The molecule has 1 amide bonds. The first-order valence-electron chi connectivity index (χ1n) is 8.45. The molecule has 0 saturated heterocycles. The lowest BCUT2D eigenvalue weighted by Crippen LogP contribution is -2.34. The minimum absolute atomic E-state index is 0.0362. The number of rotatable bonds is 8. The molecule has 24 heavy (non-hydrogen) atoms. The summed E-state index contributed by atoms with van der Waals surface area (Å²) in [5.41, 5.74) is 0. The first kappa shape index (κ1) is 18.6. The minimum Gasteiger partial charge on any atom is -0.494 e. The summed E-state index contributed by atoms with van der Waals surface area (Å²) in [6.45, 7) is 1.23. The summed E-state index contributed by atoms with van der Waals surface area (Å²) in [7, 11) is 0. The summed E-state index contributed by atoms with van der Waals surface area (Å²) < 4.78 is 5.59. The zero-order valence-electron chi connectivity index (χ0n) is 13.7. The van der Waals surface area contributed by atoms with Crippen molar-refractivity contribution >= 4 is 23.5 Å². The standard InChI is InChI=1S/C18H24ClNO4/c19-15-7-9-16(10-8-15)24-12-2-1-11-20-17(21)13-3-5-14(6-4-13)18(22)23/h7-10,13-14H,1-6,11-12H2,(H,20,21)(H,22,23). The lowest BCUT2D eigenvalue weighted by Gasteiger charge is -2.25. The largest absolute Gasteiger partial charge is 0.494 e. The number of carboxylic acids is 1. The summed E-state index contributed by atoms with van der Waals surface area (Å²) in [4.78, 5) is 23.0. The Balaban J connectivity index is 1.53.